The first-order valence-electron chi connectivity index (χ1n) is 16.8. The molecule has 0 amide bonds. The van der Waals surface area contributed by atoms with E-state index >= 15 is 0 Å². The first kappa shape index (κ1) is 27.1. The number of fused-ring (bicyclic) bond motifs is 10. The quantitative estimate of drug-likeness (QED) is 0.208. The number of nitrogens with zero attached hydrogens (tertiary/aromatic N) is 5. The van der Waals surface area contributed by atoms with Crippen LogP contribution < -0.4 is 0 Å². The van der Waals surface area contributed by atoms with Crippen molar-refractivity contribution in [1.29, 1.82) is 0 Å². The van der Waals surface area contributed by atoms with Crippen LogP contribution in [-0.2, 0) is 0 Å². The summed E-state index contributed by atoms with van der Waals surface area (Å²) in [6.07, 6.45) is 3.98. The molecule has 0 bridgehead atoms. The first-order valence-corrected chi connectivity index (χ1v) is 16.8. The largest absolute Gasteiger partial charge is 0.354 e. The average Bonchev–Trinajstić information content (AvgIpc) is 3.97. The van der Waals surface area contributed by atoms with Crippen molar-refractivity contribution < 1.29 is 0 Å². The van der Waals surface area contributed by atoms with E-state index < -0.39 is 0 Å². The molecule has 0 fully saturated rings. The Morgan fingerprint density at radius 3 is 1.62 bits per heavy atom. The fourth-order valence-electron chi connectivity index (χ4n) is 7.84. The van der Waals surface area contributed by atoms with E-state index in [2.05, 4.69) is 137 Å². The third-order valence-electron chi connectivity index (χ3n) is 10.1. The van der Waals surface area contributed by atoms with E-state index in [-0.39, 0.29) is 0 Å². The number of hydrogen-bond donors (Lipinski definition) is 1. The summed E-state index contributed by atoms with van der Waals surface area (Å²) in [5, 5.41) is 16.7. The third kappa shape index (κ3) is 3.84. The van der Waals surface area contributed by atoms with Gasteiger partial charge in [0.1, 0.15) is 0 Å². The standard InChI is InChI=1S/C44H28N6/c1-4-10-30(11-5-1)48-40-21-17-29(25-36(40)34-19-23-42-38(44(34)48)27-46-50(42)32-14-8-3-9-15-32)28-16-20-39-35(24-28)33-18-22-41-37(43(33)47-39)26-45-49(41)31-12-6-2-7-13-31/h1-27,47H. The monoisotopic (exact) mass is 640 g/mol. The second-order valence-corrected chi connectivity index (χ2v) is 12.9. The molecule has 6 heteroatoms. The van der Waals surface area contributed by atoms with E-state index in [9.17, 15) is 0 Å². The van der Waals surface area contributed by atoms with Crippen molar-refractivity contribution >= 4 is 65.4 Å². The van der Waals surface area contributed by atoms with E-state index in [0.717, 1.165) is 55.4 Å². The number of aromatic nitrogens is 6. The maximum atomic E-state index is 4.87. The Morgan fingerprint density at radius 1 is 0.400 bits per heavy atom. The number of para-hydroxylation sites is 3. The predicted molar refractivity (Wildman–Crippen MR) is 205 cm³/mol. The molecule has 0 unspecified atom stereocenters. The fourth-order valence-corrected chi connectivity index (χ4v) is 7.84. The number of hydrogen-bond acceptors (Lipinski definition) is 2. The highest BCUT2D eigenvalue weighted by Crippen LogP contribution is 2.40. The van der Waals surface area contributed by atoms with Crippen LogP contribution >= 0.6 is 0 Å². The van der Waals surface area contributed by atoms with E-state index in [1.54, 1.807) is 0 Å². The molecule has 0 spiro atoms. The topological polar surface area (TPSA) is 56.4 Å². The zero-order valence-corrected chi connectivity index (χ0v) is 26.8. The summed E-state index contributed by atoms with van der Waals surface area (Å²) in [4.78, 5) is 3.71. The van der Waals surface area contributed by atoms with Crippen molar-refractivity contribution in [3.8, 4) is 28.2 Å². The van der Waals surface area contributed by atoms with Crippen LogP contribution in [0, 0.1) is 0 Å². The summed E-state index contributed by atoms with van der Waals surface area (Å²) in [5.74, 6) is 0. The minimum Gasteiger partial charge on any atom is -0.354 e. The van der Waals surface area contributed by atoms with Crippen LogP contribution in [0.2, 0.25) is 0 Å². The summed E-state index contributed by atoms with van der Waals surface area (Å²) < 4.78 is 6.43. The van der Waals surface area contributed by atoms with Gasteiger partial charge in [0.15, 0.2) is 0 Å². The minimum absolute atomic E-state index is 1.05. The summed E-state index contributed by atoms with van der Waals surface area (Å²) >= 11 is 0. The fraction of sp³-hybridized carbons (Fsp3) is 0. The molecule has 0 atom stereocenters. The van der Waals surface area contributed by atoms with Gasteiger partial charge in [0.05, 0.1) is 51.4 Å². The van der Waals surface area contributed by atoms with Crippen molar-refractivity contribution in [3.05, 3.63) is 164 Å². The lowest BCUT2D eigenvalue weighted by Crippen LogP contribution is -1.96. The highest BCUT2D eigenvalue weighted by atomic mass is 15.3. The SMILES string of the molecule is c1ccc(-n2ncc3c4[nH]c5ccc(-c6ccc7c(c6)c6ccc8c(cnn8-c8ccccc8)c6n7-c6ccccc6)cc5c4ccc32)cc1. The summed E-state index contributed by atoms with van der Waals surface area (Å²) in [6, 6.07) is 53.8. The van der Waals surface area contributed by atoms with Crippen LogP contribution in [0.5, 0.6) is 0 Å². The van der Waals surface area contributed by atoms with Crippen LogP contribution in [0.15, 0.2) is 164 Å². The zero-order chi connectivity index (χ0) is 32.8. The Balaban J connectivity index is 1.10. The molecule has 0 aliphatic carbocycles. The van der Waals surface area contributed by atoms with Gasteiger partial charge in [-0.25, -0.2) is 9.36 Å². The van der Waals surface area contributed by atoms with E-state index in [1.165, 1.54) is 38.2 Å². The molecular formula is C44H28N6. The molecule has 0 aliphatic rings. The van der Waals surface area contributed by atoms with Crippen LogP contribution in [0.3, 0.4) is 0 Å². The molecule has 1 N–H and O–H groups in total. The molecule has 11 rings (SSSR count). The molecule has 0 radical (unpaired) electrons. The lowest BCUT2D eigenvalue weighted by atomic mass is 10.00. The van der Waals surface area contributed by atoms with Gasteiger partial charge in [0.2, 0.25) is 0 Å². The molecular weight excluding hydrogens is 613 g/mol. The molecule has 6 nitrogen and oxygen atoms in total. The predicted octanol–water partition coefficient (Wildman–Crippen LogP) is 10.8. The van der Waals surface area contributed by atoms with Crippen molar-refractivity contribution in [2.45, 2.75) is 0 Å². The van der Waals surface area contributed by atoms with Gasteiger partial charge in [-0.05, 0) is 90.0 Å². The van der Waals surface area contributed by atoms with Gasteiger partial charge in [-0.3, -0.25) is 0 Å². The van der Waals surface area contributed by atoms with Gasteiger partial charge in [-0.2, -0.15) is 10.2 Å². The van der Waals surface area contributed by atoms with Crippen LogP contribution in [-0.4, -0.2) is 29.1 Å². The van der Waals surface area contributed by atoms with Crippen molar-refractivity contribution in [2.24, 2.45) is 0 Å². The molecule has 4 aromatic heterocycles. The molecule has 0 saturated carbocycles. The third-order valence-corrected chi connectivity index (χ3v) is 10.1. The Labute approximate surface area is 286 Å². The second kappa shape index (κ2) is 10.3. The van der Waals surface area contributed by atoms with Crippen LogP contribution in [0.25, 0.3) is 93.6 Å². The maximum Gasteiger partial charge on any atom is 0.0762 e. The summed E-state index contributed by atoms with van der Waals surface area (Å²) in [7, 11) is 0. The van der Waals surface area contributed by atoms with Gasteiger partial charge in [0, 0.05) is 43.5 Å². The molecule has 11 aromatic rings. The van der Waals surface area contributed by atoms with E-state index in [4.69, 9.17) is 10.2 Å². The van der Waals surface area contributed by atoms with Gasteiger partial charge in [0.25, 0.3) is 0 Å². The molecule has 7 aromatic carbocycles. The number of nitrogens with one attached hydrogen (secondary N) is 1. The number of aromatic amines is 1. The van der Waals surface area contributed by atoms with Gasteiger partial charge >= 0.3 is 0 Å². The Kier molecular flexibility index (Phi) is 5.57. The highest BCUT2D eigenvalue weighted by Gasteiger charge is 2.19. The van der Waals surface area contributed by atoms with E-state index in [1.807, 2.05) is 46.0 Å². The van der Waals surface area contributed by atoms with Gasteiger partial charge in [-0.1, -0.05) is 72.8 Å². The Morgan fingerprint density at radius 2 is 0.940 bits per heavy atom. The van der Waals surface area contributed by atoms with Gasteiger partial charge in [-0.15, -0.1) is 0 Å². The smallest absolute Gasteiger partial charge is 0.0762 e. The van der Waals surface area contributed by atoms with Crippen LogP contribution in [0.4, 0.5) is 0 Å². The summed E-state index contributed by atoms with van der Waals surface area (Å²) in [5.41, 5.74) is 12.3. The minimum atomic E-state index is 1.05. The molecule has 234 valence electrons. The first-order chi connectivity index (χ1) is 24.8. The molecule has 50 heavy (non-hydrogen) atoms. The average molecular weight is 641 g/mol. The number of H-pyrrole nitrogens is 1. The Bertz CT molecular complexity index is 3070. The number of rotatable bonds is 4. The van der Waals surface area contributed by atoms with Gasteiger partial charge < -0.3 is 9.55 Å². The summed E-state index contributed by atoms with van der Waals surface area (Å²) in [6.45, 7) is 0. The highest BCUT2D eigenvalue weighted by molar-refractivity contribution is 6.20. The van der Waals surface area contributed by atoms with E-state index in [0.29, 0.717) is 0 Å². The van der Waals surface area contributed by atoms with Crippen molar-refractivity contribution in [3.63, 3.8) is 0 Å². The molecule has 0 saturated heterocycles. The second-order valence-electron chi connectivity index (χ2n) is 12.9. The Hall–Kier alpha value is -6.92. The van der Waals surface area contributed by atoms with Crippen molar-refractivity contribution in [2.75, 3.05) is 0 Å². The lowest BCUT2D eigenvalue weighted by Gasteiger charge is -2.09. The molecule has 4 heterocycles. The van der Waals surface area contributed by atoms with Crippen LogP contribution in [0.1, 0.15) is 0 Å². The number of benzene rings is 7. The van der Waals surface area contributed by atoms with Crippen molar-refractivity contribution in [1.82, 2.24) is 29.1 Å². The lowest BCUT2D eigenvalue weighted by molar-refractivity contribution is 0.911. The zero-order valence-electron chi connectivity index (χ0n) is 26.8. The maximum absolute atomic E-state index is 4.87. The normalized spacial score (nSPS) is 12.0. The molecule has 0 aliphatic heterocycles.